The highest BCUT2D eigenvalue weighted by molar-refractivity contribution is 6.16. The average molecular weight is 445 g/mol. The van der Waals surface area contributed by atoms with Crippen LogP contribution in [0, 0.1) is 0 Å². The number of hydrogen-bond donors (Lipinski definition) is 3. The largest absolute Gasteiger partial charge is 0.417 e. The van der Waals surface area contributed by atoms with E-state index in [1.807, 2.05) is 0 Å². The van der Waals surface area contributed by atoms with E-state index in [0.717, 1.165) is 6.07 Å². The number of benzene rings is 2. The van der Waals surface area contributed by atoms with Gasteiger partial charge in [-0.15, -0.1) is 0 Å². The molecule has 4 aromatic rings. The highest BCUT2D eigenvalue weighted by atomic mass is 19.4. The lowest BCUT2D eigenvalue weighted by molar-refractivity contribution is -0.137. The lowest BCUT2D eigenvalue weighted by Gasteiger charge is -2.24. The highest BCUT2D eigenvalue weighted by Gasteiger charge is 2.34. The fourth-order valence-corrected chi connectivity index (χ4v) is 4.08. The number of alkyl halides is 3. The molecule has 4 rings (SSSR count). The number of aryl methyl sites for hydroxylation is 1. The first-order valence-electron chi connectivity index (χ1n) is 9.94. The lowest BCUT2D eigenvalue weighted by Crippen LogP contribution is -2.31. The van der Waals surface area contributed by atoms with E-state index in [4.69, 9.17) is 5.73 Å². The first kappa shape index (κ1) is 21.8. The van der Waals surface area contributed by atoms with Crippen molar-refractivity contribution in [2.75, 3.05) is 36.9 Å². The summed E-state index contributed by atoms with van der Waals surface area (Å²) in [7, 11) is 1.75. The van der Waals surface area contributed by atoms with Gasteiger partial charge >= 0.3 is 6.18 Å². The van der Waals surface area contributed by atoms with Crippen LogP contribution in [0.25, 0.3) is 32.9 Å². The molecule has 2 aromatic carbocycles. The molecule has 0 unspecified atom stereocenters. The topological polar surface area (TPSA) is 100 Å². The Morgan fingerprint density at radius 2 is 1.72 bits per heavy atom. The van der Waals surface area contributed by atoms with Crippen LogP contribution < -0.4 is 10.6 Å². The van der Waals surface area contributed by atoms with E-state index in [0.29, 0.717) is 33.2 Å². The molecule has 0 bridgehead atoms. The molecular formula is C22H22F3N5O2. The zero-order valence-corrected chi connectivity index (χ0v) is 17.3. The molecule has 2 aromatic heterocycles. The van der Waals surface area contributed by atoms with E-state index in [2.05, 4.69) is 9.97 Å². The monoisotopic (exact) mass is 445 g/mol. The van der Waals surface area contributed by atoms with Crippen molar-refractivity contribution in [1.82, 2.24) is 14.5 Å². The molecule has 0 aliphatic heterocycles. The van der Waals surface area contributed by atoms with Crippen molar-refractivity contribution in [2.24, 2.45) is 7.05 Å². The summed E-state index contributed by atoms with van der Waals surface area (Å²) < 4.78 is 43.1. The van der Waals surface area contributed by atoms with Crippen LogP contribution in [0.5, 0.6) is 0 Å². The Kier molecular flexibility index (Phi) is 5.66. The summed E-state index contributed by atoms with van der Waals surface area (Å²) in [5.41, 5.74) is 6.55. The first-order valence-corrected chi connectivity index (χ1v) is 9.94. The van der Waals surface area contributed by atoms with Crippen molar-refractivity contribution in [3.05, 3.63) is 48.2 Å². The zero-order valence-electron chi connectivity index (χ0n) is 17.3. The third kappa shape index (κ3) is 3.71. The molecule has 0 amide bonds. The standard InChI is InChI=1S/C22H22F3N5O2/c1-29-7-6-14-18-17(27-21(26)28-20(18)30(8-10-31)9-11-32)12-15(19(14)29)13-4-2-3-5-16(13)22(23,24)25/h2-7,12,31-32H,8-11H2,1H3,(H2,26,27,28). The fourth-order valence-electron chi connectivity index (χ4n) is 4.08. The molecule has 32 heavy (non-hydrogen) atoms. The molecule has 7 nitrogen and oxygen atoms in total. The Morgan fingerprint density at radius 3 is 2.38 bits per heavy atom. The maximum absolute atomic E-state index is 13.8. The maximum atomic E-state index is 13.8. The minimum Gasteiger partial charge on any atom is -0.395 e. The minimum atomic E-state index is -4.53. The van der Waals surface area contributed by atoms with Crippen LogP contribution in [0.4, 0.5) is 24.9 Å². The molecule has 0 aliphatic carbocycles. The number of aliphatic hydroxyl groups is 2. The third-order valence-electron chi connectivity index (χ3n) is 5.38. The molecule has 0 saturated carbocycles. The van der Waals surface area contributed by atoms with E-state index in [9.17, 15) is 23.4 Å². The summed E-state index contributed by atoms with van der Waals surface area (Å²) in [6, 6.07) is 8.78. The van der Waals surface area contributed by atoms with Crippen LogP contribution in [-0.2, 0) is 13.2 Å². The SMILES string of the molecule is Cn1ccc2c3c(N(CCO)CCO)nc(N)nc3cc(-c3ccccc3C(F)(F)F)c21. The number of rotatable bonds is 6. The summed E-state index contributed by atoms with van der Waals surface area (Å²) in [6.07, 6.45) is -2.77. The average Bonchev–Trinajstić information content (AvgIpc) is 3.13. The summed E-state index contributed by atoms with van der Waals surface area (Å²) in [5, 5.41) is 20.2. The van der Waals surface area contributed by atoms with Crippen LogP contribution in [0.15, 0.2) is 42.6 Å². The molecule has 168 valence electrons. The number of nitrogens with two attached hydrogens (primary N) is 1. The Labute approximate surface area is 181 Å². The van der Waals surface area contributed by atoms with E-state index in [-0.39, 0.29) is 37.8 Å². The highest BCUT2D eigenvalue weighted by Crippen LogP contribution is 2.43. The van der Waals surface area contributed by atoms with Gasteiger partial charge in [0.2, 0.25) is 5.95 Å². The first-order chi connectivity index (χ1) is 15.3. The van der Waals surface area contributed by atoms with Gasteiger partial charge in [-0.1, -0.05) is 18.2 Å². The lowest BCUT2D eigenvalue weighted by atomic mass is 9.95. The van der Waals surface area contributed by atoms with Gasteiger partial charge in [-0.2, -0.15) is 18.2 Å². The Morgan fingerprint density at radius 1 is 1.03 bits per heavy atom. The predicted octanol–water partition coefficient (Wildman–Crippen LogP) is 3.18. The summed E-state index contributed by atoms with van der Waals surface area (Å²) >= 11 is 0. The number of aliphatic hydroxyl groups excluding tert-OH is 2. The summed E-state index contributed by atoms with van der Waals surface area (Å²) in [4.78, 5) is 10.3. The van der Waals surface area contributed by atoms with Gasteiger partial charge in [-0.3, -0.25) is 0 Å². The van der Waals surface area contributed by atoms with Gasteiger partial charge < -0.3 is 25.4 Å². The van der Waals surface area contributed by atoms with E-state index in [1.54, 1.807) is 40.9 Å². The summed E-state index contributed by atoms with van der Waals surface area (Å²) in [6.45, 7) is 0.0267. The van der Waals surface area contributed by atoms with Crippen LogP contribution in [-0.4, -0.2) is 51.1 Å². The second kappa shape index (κ2) is 8.29. The Hall–Kier alpha value is -3.37. The molecule has 2 heterocycles. The van der Waals surface area contributed by atoms with Gasteiger partial charge in [0.05, 0.1) is 35.2 Å². The molecule has 0 saturated heterocycles. The molecule has 0 atom stereocenters. The summed E-state index contributed by atoms with van der Waals surface area (Å²) in [5.74, 6) is 0.348. The molecule has 4 N–H and O–H groups in total. The Bertz CT molecular complexity index is 1280. The number of anilines is 2. The molecule has 0 radical (unpaired) electrons. The smallest absolute Gasteiger partial charge is 0.395 e. The molecule has 10 heteroatoms. The van der Waals surface area contributed by atoms with Gasteiger partial charge in [0.1, 0.15) is 5.82 Å². The molecule has 0 fully saturated rings. The van der Waals surface area contributed by atoms with Crippen molar-refractivity contribution >= 4 is 33.6 Å². The molecule has 0 aliphatic rings. The van der Waals surface area contributed by atoms with Crippen molar-refractivity contribution in [2.45, 2.75) is 6.18 Å². The number of nitrogens with zero attached hydrogens (tertiary/aromatic N) is 4. The normalized spacial score (nSPS) is 12.1. The number of halogens is 3. The molecular weight excluding hydrogens is 423 g/mol. The molecule has 0 spiro atoms. The van der Waals surface area contributed by atoms with Gasteiger partial charge in [0, 0.05) is 37.3 Å². The van der Waals surface area contributed by atoms with Crippen molar-refractivity contribution in [3.63, 3.8) is 0 Å². The number of hydrogen-bond acceptors (Lipinski definition) is 6. The predicted molar refractivity (Wildman–Crippen MR) is 117 cm³/mol. The van der Waals surface area contributed by atoms with Gasteiger partial charge in [-0.05, 0) is 23.8 Å². The second-order valence-corrected chi connectivity index (χ2v) is 7.39. The van der Waals surface area contributed by atoms with Gasteiger partial charge in [0.25, 0.3) is 0 Å². The van der Waals surface area contributed by atoms with Crippen molar-refractivity contribution in [1.29, 1.82) is 0 Å². The van der Waals surface area contributed by atoms with Crippen LogP contribution >= 0.6 is 0 Å². The van der Waals surface area contributed by atoms with Crippen LogP contribution in [0.2, 0.25) is 0 Å². The van der Waals surface area contributed by atoms with Gasteiger partial charge in [0.15, 0.2) is 0 Å². The van der Waals surface area contributed by atoms with Crippen LogP contribution in [0.1, 0.15) is 5.56 Å². The number of nitrogen functional groups attached to an aromatic ring is 1. The fraction of sp³-hybridized carbons (Fsp3) is 0.273. The van der Waals surface area contributed by atoms with Crippen molar-refractivity contribution < 1.29 is 23.4 Å². The second-order valence-electron chi connectivity index (χ2n) is 7.39. The number of fused-ring (bicyclic) bond motifs is 3. The quantitative estimate of drug-likeness (QED) is 0.422. The van der Waals surface area contributed by atoms with Crippen LogP contribution in [0.3, 0.4) is 0 Å². The van der Waals surface area contributed by atoms with E-state index >= 15 is 0 Å². The van der Waals surface area contributed by atoms with Crippen molar-refractivity contribution in [3.8, 4) is 11.1 Å². The maximum Gasteiger partial charge on any atom is 0.417 e. The van der Waals surface area contributed by atoms with E-state index < -0.39 is 11.7 Å². The number of aromatic nitrogens is 3. The van der Waals surface area contributed by atoms with E-state index in [1.165, 1.54) is 12.1 Å². The minimum absolute atomic E-state index is 0.0370. The third-order valence-corrected chi connectivity index (χ3v) is 5.38. The Balaban J connectivity index is 2.11. The van der Waals surface area contributed by atoms with Gasteiger partial charge in [-0.25, -0.2) is 4.98 Å². The zero-order chi connectivity index (χ0) is 23.0.